The van der Waals surface area contributed by atoms with Gasteiger partial charge in [-0.25, -0.2) is 4.79 Å². The monoisotopic (exact) mass is 294 g/mol. The van der Waals surface area contributed by atoms with E-state index in [1.165, 1.54) is 16.5 Å². The van der Waals surface area contributed by atoms with Crippen LogP contribution < -0.4 is 5.63 Å². The fourth-order valence-corrected chi connectivity index (χ4v) is 2.56. The first-order valence-electron chi connectivity index (χ1n) is 6.61. The van der Waals surface area contributed by atoms with Gasteiger partial charge in [-0.3, -0.25) is 0 Å². The number of hydrogen-bond donors (Lipinski definition) is 0. The van der Waals surface area contributed by atoms with Gasteiger partial charge in [0.25, 0.3) is 0 Å². The van der Waals surface area contributed by atoms with Crippen LogP contribution in [-0.2, 0) is 0 Å². The van der Waals surface area contributed by atoms with E-state index in [2.05, 4.69) is 30.5 Å². The molecular weight excluding hydrogens is 280 g/mol. The quantitative estimate of drug-likeness (QED) is 0.656. The smallest absolute Gasteiger partial charge is 0.336 e. The molecule has 0 unspecified atom stereocenters. The Hall–Kier alpha value is -2.26. The van der Waals surface area contributed by atoms with Gasteiger partial charge in [0.05, 0.1) is 0 Å². The molecule has 3 heteroatoms. The van der Waals surface area contributed by atoms with Crippen molar-refractivity contribution in [3.8, 4) is 22.5 Å². The van der Waals surface area contributed by atoms with Crippen molar-refractivity contribution >= 4 is 11.8 Å². The van der Waals surface area contributed by atoms with E-state index in [1.807, 2.05) is 24.3 Å². The summed E-state index contributed by atoms with van der Waals surface area (Å²) in [6.07, 6.45) is 2.07. The molecule has 0 N–H and O–H groups in total. The van der Waals surface area contributed by atoms with Crippen molar-refractivity contribution < 1.29 is 4.42 Å². The zero-order chi connectivity index (χ0) is 14.7. The minimum absolute atomic E-state index is 0.329. The molecule has 0 atom stereocenters. The van der Waals surface area contributed by atoms with Gasteiger partial charge < -0.3 is 4.42 Å². The summed E-state index contributed by atoms with van der Waals surface area (Å²) in [6.45, 7) is 0. The molecule has 0 saturated heterocycles. The second-order valence-corrected chi connectivity index (χ2v) is 5.50. The highest BCUT2D eigenvalue weighted by atomic mass is 32.2. The van der Waals surface area contributed by atoms with Gasteiger partial charge in [0.2, 0.25) is 0 Å². The van der Waals surface area contributed by atoms with Gasteiger partial charge in [0.1, 0.15) is 5.76 Å². The summed E-state index contributed by atoms with van der Waals surface area (Å²) in [7, 11) is 0. The molecule has 1 aromatic heterocycles. The number of benzene rings is 2. The predicted octanol–water partition coefficient (Wildman–Crippen LogP) is 4.70. The lowest BCUT2D eigenvalue weighted by atomic mass is 10.0. The van der Waals surface area contributed by atoms with Crippen LogP contribution in [0.15, 0.2) is 80.8 Å². The molecule has 2 aromatic carbocycles. The second kappa shape index (κ2) is 6.02. The van der Waals surface area contributed by atoms with Gasteiger partial charge in [-0.1, -0.05) is 42.5 Å². The maximum absolute atomic E-state index is 11.2. The van der Waals surface area contributed by atoms with Crippen LogP contribution in [0.25, 0.3) is 22.5 Å². The van der Waals surface area contributed by atoms with Crippen molar-refractivity contribution in [2.24, 2.45) is 0 Å². The fraction of sp³-hybridized carbons (Fsp3) is 0.0556. The highest BCUT2D eigenvalue weighted by molar-refractivity contribution is 7.98. The van der Waals surface area contributed by atoms with Gasteiger partial charge in [0.15, 0.2) is 0 Å². The summed E-state index contributed by atoms with van der Waals surface area (Å²) < 4.78 is 5.18. The molecule has 0 aliphatic rings. The van der Waals surface area contributed by atoms with Crippen molar-refractivity contribution in [2.45, 2.75) is 4.90 Å². The highest BCUT2D eigenvalue weighted by Crippen LogP contribution is 2.26. The molecule has 21 heavy (non-hydrogen) atoms. The minimum Gasteiger partial charge on any atom is -0.423 e. The molecule has 0 fully saturated rings. The SMILES string of the molecule is CSc1ccc(-c2ccc(-c3cccc(=O)o3)cc2)cc1. The Morgan fingerprint density at radius 3 is 1.90 bits per heavy atom. The Morgan fingerprint density at radius 2 is 1.33 bits per heavy atom. The third kappa shape index (κ3) is 3.09. The van der Waals surface area contributed by atoms with E-state index in [1.54, 1.807) is 23.9 Å². The van der Waals surface area contributed by atoms with E-state index < -0.39 is 0 Å². The maximum Gasteiger partial charge on any atom is 0.336 e. The molecular formula is C18H14O2S. The highest BCUT2D eigenvalue weighted by Gasteiger charge is 2.02. The lowest BCUT2D eigenvalue weighted by Gasteiger charge is -2.05. The topological polar surface area (TPSA) is 30.2 Å². The molecule has 1 heterocycles. The Bertz CT molecular complexity index is 786. The summed E-state index contributed by atoms with van der Waals surface area (Å²) in [5.74, 6) is 0.590. The van der Waals surface area contributed by atoms with Gasteiger partial charge in [-0.05, 0) is 35.6 Å². The molecule has 104 valence electrons. The zero-order valence-corrected chi connectivity index (χ0v) is 12.4. The first-order valence-corrected chi connectivity index (χ1v) is 7.84. The predicted molar refractivity (Wildman–Crippen MR) is 87.6 cm³/mol. The van der Waals surface area contributed by atoms with Gasteiger partial charge in [-0.2, -0.15) is 0 Å². The zero-order valence-electron chi connectivity index (χ0n) is 11.6. The van der Waals surface area contributed by atoms with Gasteiger partial charge in [-0.15, -0.1) is 11.8 Å². The number of rotatable bonds is 3. The van der Waals surface area contributed by atoms with Crippen LogP contribution in [0.1, 0.15) is 0 Å². The second-order valence-electron chi connectivity index (χ2n) is 4.62. The molecule has 0 saturated carbocycles. The summed E-state index contributed by atoms with van der Waals surface area (Å²) in [5.41, 5.74) is 2.89. The van der Waals surface area contributed by atoms with Gasteiger partial charge >= 0.3 is 5.63 Å². The molecule has 0 spiro atoms. The molecule has 0 bridgehead atoms. The van der Waals surface area contributed by atoms with Crippen LogP contribution in [-0.4, -0.2) is 6.26 Å². The Balaban J connectivity index is 1.91. The lowest BCUT2D eigenvalue weighted by molar-refractivity contribution is 0.526. The van der Waals surface area contributed by atoms with Crippen molar-refractivity contribution in [3.05, 3.63) is 77.2 Å². The maximum atomic E-state index is 11.2. The van der Waals surface area contributed by atoms with Crippen molar-refractivity contribution in [1.82, 2.24) is 0 Å². The van der Waals surface area contributed by atoms with Crippen molar-refractivity contribution in [2.75, 3.05) is 6.26 Å². The third-order valence-corrected chi connectivity index (χ3v) is 4.03. The average molecular weight is 294 g/mol. The summed E-state index contributed by atoms with van der Waals surface area (Å²) in [4.78, 5) is 12.5. The summed E-state index contributed by atoms with van der Waals surface area (Å²) in [5, 5.41) is 0. The Labute approximate surface area is 127 Å². The standard InChI is InChI=1S/C18H14O2S/c1-21-16-11-9-14(10-12-16)13-5-7-15(8-6-13)17-3-2-4-18(19)20-17/h2-12H,1H3. The molecule has 0 amide bonds. The van der Waals surface area contributed by atoms with E-state index in [-0.39, 0.29) is 5.63 Å². The lowest BCUT2D eigenvalue weighted by Crippen LogP contribution is -1.95. The molecule has 0 aliphatic heterocycles. The van der Waals surface area contributed by atoms with E-state index >= 15 is 0 Å². The largest absolute Gasteiger partial charge is 0.423 e. The van der Waals surface area contributed by atoms with E-state index in [0.29, 0.717) is 5.76 Å². The third-order valence-electron chi connectivity index (χ3n) is 3.28. The van der Waals surface area contributed by atoms with Crippen LogP contribution in [0.3, 0.4) is 0 Å². The molecule has 0 radical (unpaired) electrons. The van der Waals surface area contributed by atoms with Crippen LogP contribution >= 0.6 is 11.8 Å². The van der Waals surface area contributed by atoms with E-state index in [0.717, 1.165) is 11.1 Å². The van der Waals surface area contributed by atoms with E-state index in [9.17, 15) is 4.79 Å². The van der Waals surface area contributed by atoms with Gasteiger partial charge in [0, 0.05) is 16.5 Å². The Morgan fingerprint density at radius 1 is 0.762 bits per heavy atom. The van der Waals surface area contributed by atoms with Crippen LogP contribution in [0, 0.1) is 0 Å². The summed E-state index contributed by atoms with van der Waals surface area (Å²) >= 11 is 1.73. The number of thioether (sulfide) groups is 1. The molecule has 3 aromatic rings. The molecule has 0 aliphatic carbocycles. The Kier molecular flexibility index (Phi) is 3.93. The average Bonchev–Trinajstić information content (AvgIpc) is 2.55. The van der Waals surface area contributed by atoms with Crippen molar-refractivity contribution in [3.63, 3.8) is 0 Å². The minimum atomic E-state index is -0.329. The van der Waals surface area contributed by atoms with Crippen LogP contribution in [0.4, 0.5) is 0 Å². The summed E-state index contributed by atoms with van der Waals surface area (Å²) in [6, 6.07) is 21.4. The van der Waals surface area contributed by atoms with E-state index in [4.69, 9.17) is 4.42 Å². The fourth-order valence-electron chi connectivity index (χ4n) is 2.16. The van der Waals surface area contributed by atoms with Crippen molar-refractivity contribution in [1.29, 1.82) is 0 Å². The first-order chi connectivity index (χ1) is 10.3. The number of hydrogen-bond acceptors (Lipinski definition) is 3. The molecule has 2 nitrogen and oxygen atoms in total. The van der Waals surface area contributed by atoms with Crippen LogP contribution in [0.2, 0.25) is 0 Å². The first kappa shape index (κ1) is 13.7. The molecule has 3 rings (SSSR count). The normalized spacial score (nSPS) is 10.5. The van der Waals surface area contributed by atoms with Crippen LogP contribution in [0.5, 0.6) is 0 Å².